The quantitative estimate of drug-likeness (QED) is 0.609. The minimum Gasteiger partial charge on any atom is -0.504 e. The Morgan fingerprint density at radius 1 is 1.53 bits per heavy atom. The molecule has 19 heavy (non-hydrogen) atoms. The summed E-state index contributed by atoms with van der Waals surface area (Å²) in [6, 6.07) is 5.36. The summed E-state index contributed by atoms with van der Waals surface area (Å²) in [5.41, 5.74) is 0.241. The molecule has 0 amide bonds. The average Bonchev–Trinajstić information content (AvgIpc) is 2.27. The van der Waals surface area contributed by atoms with Crippen molar-refractivity contribution in [2.24, 2.45) is 5.14 Å². The van der Waals surface area contributed by atoms with Crippen molar-refractivity contribution in [3.05, 3.63) is 29.3 Å². The molecule has 0 aromatic heterocycles. The van der Waals surface area contributed by atoms with Gasteiger partial charge in [-0.05, 0) is 30.7 Å². The lowest BCUT2D eigenvalue weighted by atomic mass is 10.1. The third-order valence-corrected chi connectivity index (χ3v) is 2.41. The molecule has 1 aromatic rings. The van der Waals surface area contributed by atoms with Gasteiger partial charge in [-0.1, -0.05) is 6.07 Å². The molecule has 8 heteroatoms. The normalized spacial score (nSPS) is 11.7. The zero-order valence-electron chi connectivity index (χ0n) is 9.82. The van der Waals surface area contributed by atoms with E-state index >= 15 is 0 Å². The Morgan fingerprint density at radius 2 is 2.16 bits per heavy atom. The standard InChI is InChI=1S/C11H10N2O5S/c1-7(14)9(6-12)4-8-2-3-11(10(15)5-8)18-19(13,16)17/h2-5,15H,1H3,(H2,13,16,17)/b9-4+. The van der Waals surface area contributed by atoms with Crippen LogP contribution >= 0.6 is 0 Å². The van der Waals surface area contributed by atoms with E-state index in [1.807, 2.05) is 0 Å². The molecule has 3 N–H and O–H groups in total. The average molecular weight is 282 g/mol. The molecule has 1 rings (SSSR count). The number of hydrogen-bond acceptors (Lipinski definition) is 6. The Bertz CT molecular complexity index is 686. The van der Waals surface area contributed by atoms with Crippen LogP contribution in [0.15, 0.2) is 23.8 Å². The summed E-state index contributed by atoms with van der Waals surface area (Å²) in [4.78, 5) is 11.0. The smallest absolute Gasteiger partial charge is 0.380 e. The second kappa shape index (κ2) is 5.51. The fraction of sp³-hybridized carbons (Fsp3) is 0.0909. The number of allylic oxidation sites excluding steroid dienone is 1. The number of hydrogen-bond donors (Lipinski definition) is 2. The summed E-state index contributed by atoms with van der Waals surface area (Å²) >= 11 is 0. The van der Waals surface area contributed by atoms with Crippen LogP contribution < -0.4 is 9.32 Å². The molecule has 0 fully saturated rings. The number of aromatic hydroxyl groups is 1. The second-order valence-electron chi connectivity index (χ2n) is 3.53. The lowest BCUT2D eigenvalue weighted by Crippen LogP contribution is -2.18. The first kappa shape index (κ1) is 14.7. The van der Waals surface area contributed by atoms with Crippen molar-refractivity contribution >= 4 is 22.2 Å². The zero-order valence-corrected chi connectivity index (χ0v) is 10.6. The molecule has 0 spiro atoms. The molecule has 0 unspecified atom stereocenters. The maximum absolute atomic E-state index is 11.0. The predicted octanol–water partition coefficient (Wildman–Crippen LogP) is 0.470. The van der Waals surface area contributed by atoms with Gasteiger partial charge in [0.25, 0.3) is 0 Å². The monoisotopic (exact) mass is 282 g/mol. The Kier molecular flexibility index (Phi) is 4.26. The van der Waals surface area contributed by atoms with Crippen molar-refractivity contribution in [3.8, 4) is 17.6 Å². The van der Waals surface area contributed by atoms with Gasteiger partial charge in [0.15, 0.2) is 17.3 Å². The number of rotatable bonds is 4. The molecule has 0 aliphatic carbocycles. The number of nitrogens with two attached hydrogens (primary N) is 1. The first-order valence-corrected chi connectivity index (χ1v) is 6.38. The topological polar surface area (TPSA) is 130 Å². The summed E-state index contributed by atoms with van der Waals surface area (Å²) < 4.78 is 25.7. The summed E-state index contributed by atoms with van der Waals surface area (Å²) in [5.74, 6) is -1.25. The molecule has 0 heterocycles. The number of phenols is 1. The van der Waals surface area contributed by atoms with E-state index in [0.29, 0.717) is 5.56 Å². The van der Waals surface area contributed by atoms with Gasteiger partial charge in [-0.2, -0.15) is 18.8 Å². The number of carbonyl (C=O) groups excluding carboxylic acids is 1. The van der Waals surface area contributed by atoms with Gasteiger partial charge >= 0.3 is 10.3 Å². The number of nitrogens with zero attached hydrogens (tertiary/aromatic N) is 1. The number of ketones is 1. The van der Waals surface area contributed by atoms with Crippen LogP contribution in [0.25, 0.3) is 6.08 Å². The van der Waals surface area contributed by atoms with E-state index in [4.69, 9.17) is 5.26 Å². The molecule has 1 aromatic carbocycles. The van der Waals surface area contributed by atoms with Gasteiger partial charge in [0, 0.05) is 0 Å². The lowest BCUT2D eigenvalue weighted by Gasteiger charge is -2.05. The molecule has 0 aliphatic heterocycles. The largest absolute Gasteiger partial charge is 0.504 e. The highest BCUT2D eigenvalue weighted by Crippen LogP contribution is 2.28. The summed E-state index contributed by atoms with van der Waals surface area (Å²) in [6.45, 7) is 1.23. The van der Waals surface area contributed by atoms with Crippen LogP contribution in [0.4, 0.5) is 0 Å². The van der Waals surface area contributed by atoms with Gasteiger partial charge in [0.05, 0.1) is 5.57 Å². The molecule has 0 saturated heterocycles. The maximum Gasteiger partial charge on any atom is 0.380 e. The first-order chi connectivity index (χ1) is 8.73. The zero-order chi connectivity index (χ0) is 14.6. The van der Waals surface area contributed by atoms with Gasteiger partial charge in [-0.25, -0.2) is 0 Å². The van der Waals surface area contributed by atoms with Crippen LogP contribution in [-0.4, -0.2) is 19.3 Å². The highest BCUT2D eigenvalue weighted by atomic mass is 32.2. The van der Waals surface area contributed by atoms with E-state index in [1.165, 1.54) is 19.1 Å². The van der Waals surface area contributed by atoms with Gasteiger partial charge < -0.3 is 9.29 Å². The van der Waals surface area contributed by atoms with Gasteiger partial charge in [-0.15, -0.1) is 0 Å². The highest BCUT2D eigenvalue weighted by Gasteiger charge is 2.10. The van der Waals surface area contributed by atoms with E-state index < -0.39 is 21.8 Å². The Morgan fingerprint density at radius 3 is 2.58 bits per heavy atom. The first-order valence-electron chi connectivity index (χ1n) is 4.91. The fourth-order valence-electron chi connectivity index (χ4n) is 1.20. The number of phenolic OH excluding ortho intramolecular Hbond substituents is 1. The van der Waals surface area contributed by atoms with Crippen LogP contribution in [0.2, 0.25) is 0 Å². The van der Waals surface area contributed by atoms with Gasteiger partial charge in [0.1, 0.15) is 6.07 Å². The molecule has 0 saturated carbocycles. The van der Waals surface area contributed by atoms with Crippen molar-refractivity contribution < 1.29 is 22.5 Å². The van der Waals surface area contributed by atoms with E-state index in [2.05, 4.69) is 9.32 Å². The highest BCUT2D eigenvalue weighted by molar-refractivity contribution is 7.84. The van der Waals surface area contributed by atoms with Crippen molar-refractivity contribution in [1.29, 1.82) is 5.26 Å². The fourth-order valence-corrected chi connectivity index (χ4v) is 1.59. The van der Waals surface area contributed by atoms with E-state index in [1.54, 1.807) is 6.07 Å². The minimum atomic E-state index is -4.24. The van der Waals surface area contributed by atoms with E-state index in [0.717, 1.165) is 12.1 Å². The SMILES string of the molecule is CC(=O)/C(C#N)=C/c1ccc(OS(N)(=O)=O)c(O)c1. The molecule has 0 aliphatic rings. The molecule has 0 radical (unpaired) electrons. The van der Waals surface area contributed by atoms with Crippen LogP contribution in [0, 0.1) is 11.3 Å². The summed E-state index contributed by atoms with van der Waals surface area (Å²) in [7, 11) is -4.24. The third-order valence-electron chi connectivity index (χ3n) is 2.00. The number of Topliss-reactive ketones (excluding diaryl/α,β-unsaturated/α-hetero) is 1. The van der Waals surface area contributed by atoms with Crippen molar-refractivity contribution in [1.82, 2.24) is 0 Å². The summed E-state index contributed by atoms with van der Waals surface area (Å²) in [5, 5.41) is 22.9. The predicted molar refractivity (Wildman–Crippen MR) is 66.1 cm³/mol. The van der Waals surface area contributed by atoms with Crippen molar-refractivity contribution in [2.75, 3.05) is 0 Å². The van der Waals surface area contributed by atoms with Gasteiger partial charge in [0.2, 0.25) is 0 Å². The lowest BCUT2D eigenvalue weighted by molar-refractivity contribution is -0.113. The number of nitriles is 1. The molecule has 7 nitrogen and oxygen atoms in total. The Hall–Kier alpha value is -2.37. The van der Waals surface area contributed by atoms with Crippen LogP contribution in [-0.2, 0) is 15.1 Å². The Labute approximate surface area is 109 Å². The maximum atomic E-state index is 11.0. The third kappa shape index (κ3) is 4.42. The van der Waals surface area contributed by atoms with Crippen LogP contribution in [0.5, 0.6) is 11.5 Å². The van der Waals surface area contributed by atoms with Crippen LogP contribution in [0.1, 0.15) is 12.5 Å². The second-order valence-corrected chi connectivity index (χ2v) is 4.68. The van der Waals surface area contributed by atoms with E-state index in [-0.39, 0.29) is 11.3 Å². The van der Waals surface area contributed by atoms with Crippen LogP contribution in [0.3, 0.4) is 0 Å². The number of carbonyl (C=O) groups is 1. The minimum absolute atomic E-state index is 0.0977. The van der Waals surface area contributed by atoms with Gasteiger partial charge in [-0.3, -0.25) is 4.79 Å². The molecule has 0 atom stereocenters. The molecular formula is C11H10N2O5S. The number of benzene rings is 1. The molecular weight excluding hydrogens is 272 g/mol. The molecule has 100 valence electrons. The summed E-state index contributed by atoms with van der Waals surface area (Å²) in [6.07, 6.45) is 1.25. The van der Waals surface area contributed by atoms with E-state index in [9.17, 15) is 18.3 Å². The van der Waals surface area contributed by atoms with Crippen molar-refractivity contribution in [2.45, 2.75) is 6.92 Å². The Balaban J connectivity index is 3.14. The van der Waals surface area contributed by atoms with Crippen molar-refractivity contribution in [3.63, 3.8) is 0 Å². The molecule has 0 bridgehead atoms.